The number of benzene rings is 1. The Morgan fingerprint density at radius 2 is 1.75 bits per heavy atom. The highest BCUT2D eigenvalue weighted by atomic mass is 19.4. The molecule has 0 amide bonds. The fraction of sp³-hybridized carbons (Fsp3) is 0.348. The molecule has 4 rings (SSSR count). The lowest BCUT2D eigenvalue weighted by Gasteiger charge is -2.36. The molecular weight excluding hydrogens is 417 g/mol. The molecule has 0 bridgehead atoms. The first kappa shape index (κ1) is 22.0. The predicted octanol–water partition coefficient (Wildman–Crippen LogP) is 4.80. The van der Waals surface area contributed by atoms with Crippen LogP contribution in [0.2, 0.25) is 0 Å². The molecule has 2 N–H and O–H groups in total. The van der Waals surface area contributed by atoms with Crippen molar-refractivity contribution in [2.24, 2.45) is 0 Å². The van der Waals surface area contributed by atoms with Crippen molar-refractivity contribution in [2.75, 3.05) is 23.3 Å². The number of pyridine rings is 1. The number of rotatable bonds is 4. The Bertz CT molecular complexity index is 1070. The molecule has 2 atom stereocenters. The largest absolute Gasteiger partial charge is 0.433 e. The maximum Gasteiger partial charge on any atom is 0.433 e. The third-order valence-electron chi connectivity index (χ3n) is 5.24. The van der Waals surface area contributed by atoms with E-state index < -0.39 is 11.9 Å². The Kier molecular flexibility index (Phi) is 6.01. The van der Waals surface area contributed by atoms with Gasteiger partial charge in [0.05, 0.1) is 0 Å². The van der Waals surface area contributed by atoms with Crippen LogP contribution < -0.4 is 15.5 Å². The second-order valence-electron chi connectivity index (χ2n) is 8.25. The molecule has 1 aliphatic heterocycles. The number of hydrogen-bond donors (Lipinski definition) is 2. The Balaban J connectivity index is 1.55. The van der Waals surface area contributed by atoms with Crippen molar-refractivity contribution >= 4 is 17.5 Å². The molecule has 0 spiro atoms. The van der Waals surface area contributed by atoms with Gasteiger partial charge < -0.3 is 15.5 Å². The number of aryl methyl sites for hydroxylation is 1. The molecule has 3 aromatic rings. The molecule has 0 aliphatic carbocycles. The maximum absolute atomic E-state index is 12.9. The smallest absolute Gasteiger partial charge is 0.354 e. The zero-order valence-electron chi connectivity index (χ0n) is 18.1. The number of nitrogens with zero attached hydrogens (tertiary/aromatic N) is 4. The van der Waals surface area contributed by atoms with E-state index in [9.17, 15) is 13.2 Å². The van der Waals surface area contributed by atoms with E-state index in [4.69, 9.17) is 0 Å². The van der Waals surface area contributed by atoms with Gasteiger partial charge in [-0.15, -0.1) is 0 Å². The lowest BCUT2D eigenvalue weighted by atomic mass is 10.0. The molecule has 3 heterocycles. The molecule has 1 fully saturated rings. The van der Waals surface area contributed by atoms with Crippen LogP contribution in [0.1, 0.15) is 25.1 Å². The topological polar surface area (TPSA) is 66.0 Å². The summed E-state index contributed by atoms with van der Waals surface area (Å²) in [4.78, 5) is 14.4. The third-order valence-corrected chi connectivity index (χ3v) is 5.24. The van der Waals surface area contributed by atoms with E-state index in [1.54, 1.807) is 0 Å². The van der Waals surface area contributed by atoms with E-state index in [2.05, 4.69) is 44.3 Å². The molecule has 1 saturated heterocycles. The highest BCUT2D eigenvalue weighted by Crippen LogP contribution is 2.30. The summed E-state index contributed by atoms with van der Waals surface area (Å²) in [6.07, 6.45) is -1.61. The van der Waals surface area contributed by atoms with Crippen LogP contribution in [0.4, 0.5) is 30.6 Å². The Morgan fingerprint density at radius 1 is 1.00 bits per heavy atom. The van der Waals surface area contributed by atoms with E-state index >= 15 is 0 Å². The molecule has 9 heteroatoms. The van der Waals surface area contributed by atoms with Crippen LogP contribution in [0.5, 0.6) is 0 Å². The summed E-state index contributed by atoms with van der Waals surface area (Å²) in [6.45, 7) is 8.03. The van der Waals surface area contributed by atoms with Gasteiger partial charge in [0.1, 0.15) is 11.5 Å². The molecule has 0 radical (unpaired) electrons. The van der Waals surface area contributed by atoms with Crippen LogP contribution in [0.15, 0.2) is 48.8 Å². The number of alkyl halides is 3. The first-order valence-electron chi connectivity index (χ1n) is 10.4. The summed E-state index contributed by atoms with van der Waals surface area (Å²) in [5, 5.41) is 6.39. The lowest BCUT2D eigenvalue weighted by Crippen LogP contribution is -2.54. The summed E-state index contributed by atoms with van der Waals surface area (Å²) in [5.41, 5.74) is 2.39. The fourth-order valence-electron chi connectivity index (χ4n) is 3.99. The van der Waals surface area contributed by atoms with Crippen molar-refractivity contribution in [3.8, 4) is 11.1 Å². The predicted molar refractivity (Wildman–Crippen MR) is 119 cm³/mol. The van der Waals surface area contributed by atoms with Crippen LogP contribution in [-0.4, -0.2) is 40.1 Å². The molecule has 0 saturated carbocycles. The molecular formula is C23H25F3N6. The number of anilines is 3. The summed E-state index contributed by atoms with van der Waals surface area (Å²) in [6, 6.07) is 11.3. The first-order chi connectivity index (χ1) is 15.2. The average molecular weight is 442 g/mol. The van der Waals surface area contributed by atoms with Gasteiger partial charge in [0.25, 0.3) is 0 Å². The van der Waals surface area contributed by atoms with Gasteiger partial charge in [0, 0.05) is 48.8 Å². The third kappa shape index (κ3) is 5.16. The molecule has 6 nitrogen and oxygen atoms in total. The zero-order valence-corrected chi connectivity index (χ0v) is 18.1. The van der Waals surface area contributed by atoms with Gasteiger partial charge in [-0.25, -0.2) is 15.0 Å². The second-order valence-corrected chi connectivity index (χ2v) is 8.25. The Labute approximate surface area is 184 Å². The quantitative estimate of drug-likeness (QED) is 0.605. The molecule has 168 valence electrons. The molecule has 32 heavy (non-hydrogen) atoms. The highest BCUT2D eigenvalue weighted by molar-refractivity contribution is 5.71. The lowest BCUT2D eigenvalue weighted by molar-refractivity contribution is -0.141. The number of halogens is 3. The van der Waals surface area contributed by atoms with Gasteiger partial charge in [0.15, 0.2) is 0 Å². The van der Waals surface area contributed by atoms with Crippen molar-refractivity contribution in [3.63, 3.8) is 0 Å². The minimum Gasteiger partial charge on any atom is -0.354 e. The van der Waals surface area contributed by atoms with Crippen LogP contribution in [0.3, 0.4) is 0 Å². The van der Waals surface area contributed by atoms with Crippen molar-refractivity contribution in [3.05, 3.63) is 60.0 Å². The van der Waals surface area contributed by atoms with Crippen molar-refractivity contribution in [1.29, 1.82) is 0 Å². The van der Waals surface area contributed by atoms with Crippen LogP contribution >= 0.6 is 0 Å². The summed E-state index contributed by atoms with van der Waals surface area (Å²) in [7, 11) is 0. The van der Waals surface area contributed by atoms with E-state index in [0.717, 1.165) is 47.9 Å². The van der Waals surface area contributed by atoms with E-state index in [-0.39, 0.29) is 5.95 Å². The number of nitrogens with one attached hydrogen (secondary N) is 2. The fourth-order valence-corrected chi connectivity index (χ4v) is 3.99. The minimum atomic E-state index is -4.52. The average Bonchev–Trinajstić information content (AvgIpc) is 2.72. The maximum atomic E-state index is 12.9. The summed E-state index contributed by atoms with van der Waals surface area (Å²) in [5.74, 6) is 0.823. The molecule has 2 unspecified atom stereocenters. The Hall–Kier alpha value is -3.20. The van der Waals surface area contributed by atoms with Gasteiger partial charge in [-0.1, -0.05) is 6.07 Å². The van der Waals surface area contributed by atoms with Gasteiger partial charge in [0.2, 0.25) is 5.95 Å². The second kappa shape index (κ2) is 8.74. The van der Waals surface area contributed by atoms with Crippen LogP contribution in [0, 0.1) is 6.92 Å². The summed E-state index contributed by atoms with van der Waals surface area (Å²) >= 11 is 0. The van der Waals surface area contributed by atoms with Crippen LogP contribution in [0.25, 0.3) is 11.1 Å². The van der Waals surface area contributed by atoms with E-state index in [1.807, 2.05) is 43.5 Å². The van der Waals surface area contributed by atoms with Gasteiger partial charge in [-0.05, 0) is 62.2 Å². The number of aromatic nitrogens is 3. The van der Waals surface area contributed by atoms with Gasteiger partial charge in [-0.3, -0.25) is 0 Å². The highest BCUT2D eigenvalue weighted by Gasteiger charge is 2.32. The van der Waals surface area contributed by atoms with Crippen molar-refractivity contribution < 1.29 is 13.2 Å². The zero-order chi connectivity index (χ0) is 22.9. The van der Waals surface area contributed by atoms with E-state index in [1.165, 1.54) is 0 Å². The molecule has 1 aliphatic rings. The Morgan fingerprint density at radius 3 is 2.41 bits per heavy atom. The van der Waals surface area contributed by atoms with Crippen molar-refractivity contribution in [2.45, 2.75) is 39.0 Å². The molecule has 2 aromatic heterocycles. The van der Waals surface area contributed by atoms with Gasteiger partial charge in [-0.2, -0.15) is 13.2 Å². The summed E-state index contributed by atoms with van der Waals surface area (Å²) < 4.78 is 38.8. The molecule has 1 aromatic carbocycles. The normalized spacial score (nSPS) is 19.1. The van der Waals surface area contributed by atoms with Crippen molar-refractivity contribution in [1.82, 2.24) is 20.3 Å². The number of piperazine rings is 1. The first-order valence-corrected chi connectivity index (χ1v) is 10.4. The SMILES string of the molecule is Cc1cc(Nc2nccc(C(F)(F)F)n2)cc(-c2ccc(N3CC(C)NC(C)C3)nc2)c1. The van der Waals surface area contributed by atoms with Crippen LogP contribution in [-0.2, 0) is 6.18 Å². The minimum absolute atomic E-state index is 0.105. The number of hydrogen-bond acceptors (Lipinski definition) is 6. The monoisotopic (exact) mass is 442 g/mol. The van der Waals surface area contributed by atoms with E-state index in [0.29, 0.717) is 17.8 Å². The van der Waals surface area contributed by atoms with Gasteiger partial charge >= 0.3 is 6.18 Å². The standard InChI is InChI=1S/C23H25F3N6/c1-14-8-18(10-19(9-14)30-22-27-7-6-20(31-22)23(24,25)26)17-4-5-21(28-11-17)32-12-15(2)29-16(3)13-32/h4-11,15-16,29H,12-13H2,1-3H3,(H,27,30,31).